The van der Waals surface area contributed by atoms with E-state index in [0.29, 0.717) is 11.1 Å². The molecule has 0 fully saturated rings. The monoisotopic (exact) mass is 410 g/mol. The minimum atomic E-state index is 0.647. The highest BCUT2D eigenvalue weighted by atomic mass is 14.7. The van der Waals surface area contributed by atoms with Gasteiger partial charge in [-0.3, -0.25) is 9.97 Å². The Morgan fingerprint density at radius 2 is 0.906 bits per heavy atom. The summed E-state index contributed by atoms with van der Waals surface area (Å²) in [6, 6.07) is 27.0. The number of aromatic nitrogens is 2. The van der Waals surface area contributed by atoms with Crippen molar-refractivity contribution >= 4 is 24.3 Å². The zero-order valence-electron chi connectivity index (χ0n) is 17.2. The predicted molar refractivity (Wildman–Crippen MR) is 128 cm³/mol. The fraction of sp³-hybridized carbons (Fsp3) is 0. The average molecular weight is 410 g/mol. The normalized spacial score (nSPS) is 10.8. The van der Waals surface area contributed by atoms with E-state index in [-0.39, 0.29) is 0 Å². The van der Waals surface area contributed by atoms with Crippen LogP contribution in [0.5, 0.6) is 0 Å². The standard InChI is InChI=1S/C28H18N4/c29-17-23-5-1-21(2-6-23)9-13-27-15-11-25(19-31-27)26-12-16-28(32-20-26)14-10-22-3-7-24(18-30)8-4-22/h1-16,19-20H. The van der Waals surface area contributed by atoms with Crippen molar-refractivity contribution in [3.8, 4) is 23.3 Å². The number of nitriles is 2. The van der Waals surface area contributed by atoms with Gasteiger partial charge in [0.15, 0.2) is 0 Å². The number of hydrogen-bond donors (Lipinski definition) is 0. The van der Waals surface area contributed by atoms with Gasteiger partial charge in [-0.1, -0.05) is 48.6 Å². The van der Waals surface area contributed by atoms with Crippen LogP contribution in [-0.2, 0) is 0 Å². The molecule has 0 amide bonds. The van der Waals surface area contributed by atoms with Crippen LogP contribution in [0.1, 0.15) is 33.6 Å². The first-order chi connectivity index (χ1) is 15.7. The summed E-state index contributed by atoms with van der Waals surface area (Å²) in [6.45, 7) is 0. The predicted octanol–water partition coefficient (Wildman–Crippen LogP) is 6.23. The van der Waals surface area contributed by atoms with Gasteiger partial charge in [0.1, 0.15) is 0 Å². The molecular weight excluding hydrogens is 392 g/mol. The molecule has 0 radical (unpaired) electrons. The summed E-state index contributed by atoms with van der Waals surface area (Å²) < 4.78 is 0. The Labute approximate surface area is 187 Å². The zero-order chi connectivity index (χ0) is 22.2. The van der Waals surface area contributed by atoms with Crippen molar-refractivity contribution in [2.45, 2.75) is 0 Å². The lowest BCUT2D eigenvalue weighted by atomic mass is 10.1. The Morgan fingerprint density at radius 3 is 1.22 bits per heavy atom. The van der Waals surface area contributed by atoms with E-state index in [1.807, 2.05) is 85.2 Å². The highest BCUT2D eigenvalue weighted by Crippen LogP contribution is 2.19. The van der Waals surface area contributed by atoms with Crippen LogP contribution in [0.2, 0.25) is 0 Å². The van der Waals surface area contributed by atoms with Gasteiger partial charge in [0.25, 0.3) is 0 Å². The number of pyridine rings is 2. The van der Waals surface area contributed by atoms with E-state index in [1.165, 1.54) is 0 Å². The van der Waals surface area contributed by atoms with Gasteiger partial charge in [0, 0.05) is 23.5 Å². The fourth-order valence-electron chi connectivity index (χ4n) is 3.05. The van der Waals surface area contributed by atoms with Gasteiger partial charge in [-0.15, -0.1) is 0 Å². The molecule has 32 heavy (non-hydrogen) atoms. The molecule has 0 saturated carbocycles. The Bertz CT molecular complexity index is 1220. The summed E-state index contributed by atoms with van der Waals surface area (Å²) >= 11 is 0. The fourth-order valence-corrected chi connectivity index (χ4v) is 3.05. The largest absolute Gasteiger partial charge is 0.256 e. The maximum atomic E-state index is 8.87. The Morgan fingerprint density at radius 1 is 0.500 bits per heavy atom. The van der Waals surface area contributed by atoms with E-state index in [2.05, 4.69) is 22.1 Å². The summed E-state index contributed by atoms with van der Waals surface area (Å²) in [5, 5.41) is 17.7. The van der Waals surface area contributed by atoms with Gasteiger partial charge in [0.2, 0.25) is 0 Å². The molecule has 2 aromatic heterocycles. The molecule has 0 bridgehead atoms. The quantitative estimate of drug-likeness (QED) is 0.391. The summed E-state index contributed by atoms with van der Waals surface area (Å²) in [7, 11) is 0. The first-order valence-corrected chi connectivity index (χ1v) is 10.0. The first-order valence-electron chi connectivity index (χ1n) is 10.0. The lowest BCUT2D eigenvalue weighted by Gasteiger charge is -2.02. The third kappa shape index (κ3) is 5.21. The van der Waals surface area contributed by atoms with Crippen LogP contribution in [0.3, 0.4) is 0 Å². The van der Waals surface area contributed by atoms with E-state index >= 15 is 0 Å². The molecule has 0 aliphatic carbocycles. The number of hydrogen-bond acceptors (Lipinski definition) is 4. The molecule has 0 N–H and O–H groups in total. The Hall–Kier alpha value is -4.80. The first kappa shape index (κ1) is 20.5. The molecular formula is C28H18N4. The van der Waals surface area contributed by atoms with Crippen molar-refractivity contribution in [3.63, 3.8) is 0 Å². The van der Waals surface area contributed by atoms with Gasteiger partial charge < -0.3 is 0 Å². The van der Waals surface area contributed by atoms with Crippen LogP contribution < -0.4 is 0 Å². The molecule has 2 aromatic carbocycles. The molecule has 0 spiro atoms. The summed E-state index contributed by atoms with van der Waals surface area (Å²) in [6.07, 6.45) is 11.5. The minimum absolute atomic E-state index is 0.647. The Kier molecular flexibility index (Phi) is 6.27. The molecule has 0 aliphatic heterocycles. The molecule has 0 unspecified atom stereocenters. The molecule has 4 rings (SSSR count). The topological polar surface area (TPSA) is 73.4 Å². The molecule has 0 aliphatic rings. The van der Waals surface area contributed by atoms with Crippen molar-refractivity contribution in [3.05, 3.63) is 119 Å². The molecule has 4 aromatic rings. The average Bonchev–Trinajstić information content (AvgIpc) is 2.87. The minimum Gasteiger partial charge on any atom is -0.256 e. The second-order valence-electron chi connectivity index (χ2n) is 7.08. The van der Waals surface area contributed by atoms with E-state index in [0.717, 1.165) is 33.6 Å². The van der Waals surface area contributed by atoms with E-state index in [1.54, 1.807) is 24.3 Å². The van der Waals surface area contributed by atoms with Gasteiger partial charge in [-0.25, -0.2) is 0 Å². The maximum Gasteiger partial charge on any atom is 0.0991 e. The smallest absolute Gasteiger partial charge is 0.0991 e. The van der Waals surface area contributed by atoms with Crippen molar-refractivity contribution in [2.75, 3.05) is 0 Å². The van der Waals surface area contributed by atoms with Crippen LogP contribution in [0, 0.1) is 22.7 Å². The van der Waals surface area contributed by atoms with Gasteiger partial charge in [0.05, 0.1) is 34.7 Å². The molecule has 4 nitrogen and oxygen atoms in total. The van der Waals surface area contributed by atoms with E-state index < -0.39 is 0 Å². The lowest BCUT2D eigenvalue weighted by molar-refractivity contribution is 1.27. The third-order valence-electron chi connectivity index (χ3n) is 4.88. The Balaban J connectivity index is 1.41. The number of rotatable bonds is 5. The van der Waals surface area contributed by atoms with Gasteiger partial charge in [-0.2, -0.15) is 10.5 Å². The van der Waals surface area contributed by atoms with Crippen LogP contribution in [0.15, 0.2) is 85.2 Å². The van der Waals surface area contributed by atoms with E-state index in [9.17, 15) is 0 Å². The van der Waals surface area contributed by atoms with Gasteiger partial charge in [-0.05, 0) is 59.7 Å². The van der Waals surface area contributed by atoms with Crippen LogP contribution in [0.25, 0.3) is 35.4 Å². The van der Waals surface area contributed by atoms with Crippen molar-refractivity contribution in [2.24, 2.45) is 0 Å². The van der Waals surface area contributed by atoms with Crippen LogP contribution >= 0.6 is 0 Å². The SMILES string of the molecule is N#Cc1ccc(C=Cc2ccc(-c3ccc(C=Cc4ccc(C#N)cc4)nc3)cn2)cc1. The van der Waals surface area contributed by atoms with Gasteiger partial charge >= 0.3 is 0 Å². The number of benzene rings is 2. The second kappa shape index (κ2) is 9.80. The maximum absolute atomic E-state index is 8.87. The van der Waals surface area contributed by atoms with Crippen molar-refractivity contribution in [1.29, 1.82) is 10.5 Å². The third-order valence-corrected chi connectivity index (χ3v) is 4.88. The second-order valence-corrected chi connectivity index (χ2v) is 7.08. The molecule has 0 atom stereocenters. The lowest BCUT2D eigenvalue weighted by Crippen LogP contribution is -1.86. The highest BCUT2D eigenvalue weighted by Gasteiger charge is 2.00. The van der Waals surface area contributed by atoms with Crippen LogP contribution in [0.4, 0.5) is 0 Å². The zero-order valence-corrected chi connectivity index (χ0v) is 17.2. The number of nitrogens with zero attached hydrogens (tertiary/aromatic N) is 4. The molecule has 0 saturated heterocycles. The summed E-state index contributed by atoms with van der Waals surface area (Å²) in [5.74, 6) is 0. The van der Waals surface area contributed by atoms with Crippen molar-refractivity contribution in [1.82, 2.24) is 9.97 Å². The molecule has 4 heteroatoms. The summed E-state index contributed by atoms with van der Waals surface area (Å²) in [5.41, 5.74) is 7.03. The molecule has 2 heterocycles. The van der Waals surface area contributed by atoms with Crippen LogP contribution in [-0.4, -0.2) is 9.97 Å². The molecule has 150 valence electrons. The summed E-state index contributed by atoms with van der Waals surface area (Å²) in [4.78, 5) is 9.03. The van der Waals surface area contributed by atoms with E-state index in [4.69, 9.17) is 10.5 Å². The highest BCUT2D eigenvalue weighted by molar-refractivity contribution is 5.71. The van der Waals surface area contributed by atoms with Crippen molar-refractivity contribution < 1.29 is 0 Å².